The molecule has 0 spiro atoms. The molecule has 0 amide bonds. The molecular formula is C13H24N4S2. The highest BCUT2D eigenvalue weighted by molar-refractivity contribution is 8.07. The van der Waals surface area contributed by atoms with Crippen molar-refractivity contribution in [3.05, 3.63) is 12.2 Å². The Morgan fingerprint density at radius 3 is 2.79 bits per heavy atom. The Kier molecular flexibility index (Phi) is 5.20. The molecule has 4 unspecified atom stereocenters. The number of nitrogens with two attached hydrogens (primary N) is 1. The topological polar surface area (TPSA) is 56.7 Å². The van der Waals surface area contributed by atoms with Gasteiger partial charge in [-0.3, -0.25) is 0 Å². The Bertz CT molecular complexity index is 407. The van der Waals surface area contributed by atoms with Gasteiger partial charge in [-0.15, -0.1) is 0 Å². The minimum Gasteiger partial charge on any atom is -0.326 e. The SMILES string of the molecule is CC1SCC(C(N)Cc2ncnn2C(C)C)SC1C. The van der Waals surface area contributed by atoms with Crippen LogP contribution >= 0.6 is 23.5 Å². The zero-order valence-corrected chi connectivity index (χ0v) is 13.7. The van der Waals surface area contributed by atoms with E-state index < -0.39 is 0 Å². The number of aromatic nitrogens is 3. The second kappa shape index (κ2) is 6.50. The summed E-state index contributed by atoms with van der Waals surface area (Å²) in [5, 5.41) is 6.21. The van der Waals surface area contributed by atoms with Crippen LogP contribution in [0.5, 0.6) is 0 Å². The average molecular weight is 300 g/mol. The van der Waals surface area contributed by atoms with Crippen molar-refractivity contribution in [1.29, 1.82) is 0 Å². The van der Waals surface area contributed by atoms with Crippen LogP contribution in [-0.2, 0) is 6.42 Å². The number of rotatable bonds is 4. The van der Waals surface area contributed by atoms with Gasteiger partial charge in [0.2, 0.25) is 0 Å². The summed E-state index contributed by atoms with van der Waals surface area (Å²) in [6.07, 6.45) is 2.45. The highest BCUT2D eigenvalue weighted by atomic mass is 32.2. The molecule has 1 aliphatic heterocycles. The molecule has 0 bridgehead atoms. The van der Waals surface area contributed by atoms with Crippen molar-refractivity contribution in [3.63, 3.8) is 0 Å². The smallest absolute Gasteiger partial charge is 0.138 e. The zero-order valence-electron chi connectivity index (χ0n) is 12.1. The van der Waals surface area contributed by atoms with E-state index in [0.29, 0.717) is 16.5 Å². The molecular weight excluding hydrogens is 276 g/mol. The predicted molar refractivity (Wildman–Crippen MR) is 84.8 cm³/mol. The maximum Gasteiger partial charge on any atom is 0.138 e. The monoisotopic (exact) mass is 300 g/mol. The van der Waals surface area contributed by atoms with Crippen LogP contribution < -0.4 is 5.73 Å². The summed E-state index contributed by atoms with van der Waals surface area (Å²) in [5.74, 6) is 2.16. The van der Waals surface area contributed by atoms with Gasteiger partial charge >= 0.3 is 0 Å². The molecule has 6 heteroatoms. The van der Waals surface area contributed by atoms with Crippen LogP contribution in [0.2, 0.25) is 0 Å². The largest absolute Gasteiger partial charge is 0.326 e. The lowest BCUT2D eigenvalue weighted by atomic mass is 10.1. The van der Waals surface area contributed by atoms with Gasteiger partial charge in [-0.2, -0.15) is 28.6 Å². The Labute approximate surface area is 124 Å². The first-order chi connectivity index (χ1) is 8.99. The predicted octanol–water partition coefficient (Wildman–Crippen LogP) is 2.35. The molecule has 0 saturated carbocycles. The van der Waals surface area contributed by atoms with Gasteiger partial charge in [0.1, 0.15) is 12.2 Å². The van der Waals surface area contributed by atoms with Crippen molar-refractivity contribution in [3.8, 4) is 0 Å². The molecule has 1 aromatic heterocycles. The fourth-order valence-corrected chi connectivity index (χ4v) is 5.29. The normalized spacial score (nSPS) is 29.7. The molecule has 2 heterocycles. The van der Waals surface area contributed by atoms with Crippen molar-refractivity contribution < 1.29 is 0 Å². The lowest BCUT2D eigenvalue weighted by Crippen LogP contribution is -2.41. The molecule has 4 nitrogen and oxygen atoms in total. The van der Waals surface area contributed by atoms with E-state index in [1.165, 1.54) is 0 Å². The van der Waals surface area contributed by atoms with Crippen LogP contribution in [0.3, 0.4) is 0 Å². The van der Waals surface area contributed by atoms with E-state index in [2.05, 4.69) is 37.8 Å². The summed E-state index contributed by atoms with van der Waals surface area (Å²) >= 11 is 4.08. The fourth-order valence-electron chi connectivity index (χ4n) is 2.23. The van der Waals surface area contributed by atoms with Gasteiger partial charge in [0.15, 0.2) is 0 Å². The van der Waals surface area contributed by atoms with Crippen molar-refractivity contribution in [1.82, 2.24) is 14.8 Å². The number of nitrogens with zero attached hydrogens (tertiary/aromatic N) is 3. The van der Waals surface area contributed by atoms with Crippen molar-refractivity contribution >= 4 is 23.5 Å². The second-order valence-corrected chi connectivity index (χ2v) is 8.53. The Hall–Kier alpha value is -0.200. The van der Waals surface area contributed by atoms with Crippen LogP contribution in [0.1, 0.15) is 39.6 Å². The van der Waals surface area contributed by atoms with Crippen LogP contribution in [-0.4, -0.2) is 42.3 Å². The minimum atomic E-state index is 0.161. The summed E-state index contributed by atoms with van der Waals surface area (Å²) in [7, 11) is 0. The first-order valence-electron chi connectivity index (χ1n) is 6.90. The summed E-state index contributed by atoms with van der Waals surface area (Å²) < 4.78 is 1.98. The summed E-state index contributed by atoms with van der Waals surface area (Å²) in [6, 6.07) is 0.506. The lowest BCUT2D eigenvalue weighted by Gasteiger charge is -2.34. The Morgan fingerprint density at radius 2 is 2.16 bits per heavy atom. The van der Waals surface area contributed by atoms with Gasteiger partial charge in [0.25, 0.3) is 0 Å². The summed E-state index contributed by atoms with van der Waals surface area (Å²) in [6.45, 7) is 8.86. The zero-order chi connectivity index (χ0) is 14.0. The lowest BCUT2D eigenvalue weighted by molar-refractivity contribution is 0.489. The Balaban J connectivity index is 1.97. The average Bonchev–Trinajstić information content (AvgIpc) is 2.80. The van der Waals surface area contributed by atoms with E-state index in [0.717, 1.165) is 23.2 Å². The van der Waals surface area contributed by atoms with Crippen LogP contribution in [0.25, 0.3) is 0 Å². The number of hydrogen-bond acceptors (Lipinski definition) is 5. The quantitative estimate of drug-likeness (QED) is 0.925. The van der Waals surface area contributed by atoms with E-state index in [1.54, 1.807) is 6.33 Å². The highest BCUT2D eigenvalue weighted by Gasteiger charge is 2.30. The molecule has 0 aromatic carbocycles. The minimum absolute atomic E-state index is 0.161. The van der Waals surface area contributed by atoms with Crippen LogP contribution in [0.4, 0.5) is 0 Å². The van der Waals surface area contributed by atoms with Gasteiger partial charge < -0.3 is 5.73 Å². The highest BCUT2D eigenvalue weighted by Crippen LogP contribution is 2.37. The molecule has 0 aliphatic carbocycles. The Morgan fingerprint density at radius 1 is 1.42 bits per heavy atom. The number of hydrogen-bond donors (Lipinski definition) is 1. The van der Waals surface area contributed by atoms with Crippen LogP contribution in [0.15, 0.2) is 6.33 Å². The first kappa shape index (κ1) is 15.2. The molecule has 2 N–H and O–H groups in total. The molecule has 1 aliphatic rings. The third kappa shape index (κ3) is 3.67. The van der Waals surface area contributed by atoms with Gasteiger partial charge in [-0.25, -0.2) is 9.67 Å². The van der Waals surface area contributed by atoms with Crippen LogP contribution in [0, 0.1) is 0 Å². The third-order valence-corrected chi connectivity index (χ3v) is 7.18. The maximum absolute atomic E-state index is 6.40. The second-order valence-electron chi connectivity index (χ2n) is 5.50. The van der Waals surface area contributed by atoms with E-state index in [4.69, 9.17) is 5.73 Å². The molecule has 2 rings (SSSR count). The molecule has 0 radical (unpaired) electrons. The molecule has 108 valence electrons. The molecule has 4 atom stereocenters. The molecule has 19 heavy (non-hydrogen) atoms. The van der Waals surface area contributed by atoms with Crippen molar-refractivity contribution in [2.45, 2.75) is 61.9 Å². The number of thioether (sulfide) groups is 2. The molecule has 1 fully saturated rings. The third-order valence-electron chi connectivity index (χ3n) is 3.61. The summed E-state index contributed by atoms with van der Waals surface area (Å²) in [4.78, 5) is 4.36. The van der Waals surface area contributed by atoms with Gasteiger partial charge in [-0.05, 0) is 13.8 Å². The van der Waals surface area contributed by atoms with E-state index in [1.807, 2.05) is 28.2 Å². The van der Waals surface area contributed by atoms with Crippen molar-refractivity contribution in [2.75, 3.05) is 5.75 Å². The fraction of sp³-hybridized carbons (Fsp3) is 0.846. The first-order valence-corrected chi connectivity index (χ1v) is 8.89. The van der Waals surface area contributed by atoms with Gasteiger partial charge in [-0.1, -0.05) is 13.8 Å². The molecule has 1 aromatic rings. The van der Waals surface area contributed by atoms with Gasteiger partial charge in [0.05, 0.1) is 0 Å². The molecule has 1 saturated heterocycles. The standard InChI is InChI=1S/C13H24N4S2/c1-8(2)17-13(15-7-16-17)5-11(14)12-6-18-9(3)10(4)19-12/h7-12H,5-6,14H2,1-4H3. The summed E-state index contributed by atoms with van der Waals surface area (Å²) in [5.41, 5.74) is 6.40. The van der Waals surface area contributed by atoms with Gasteiger partial charge in [0, 0.05) is 40.0 Å². The van der Waals surface area contributed by atoms with Crippen molar-refractivity contribution in [2.24, 2.45) is 5.73 Å². The van der Waals surface area contributed by atoms with E-state index in [9.17, 15) is 0 Å². The van der Waals surface area contributed by atoms with E-state index in [-0.39, 0.29) is 6.04 Å². The van der Waals surface area contributed by atoms with E-state index >= 15 is 0 Å². The maximum atomic E-state index is 6.40.